The molecule has 18 heavy (non-hydrogen) atoms. The molecule has 0 spiro atoms. The van der Waals surface area contributed by atoms with Gasteiger partial charge in [-0.25, -0.2) is 0 Å². The van der Waals surface area contributed by atoms with Gasteiger partial charge in [-0.3, -0.25) is 0 Å². The lowest BCUT2D eigenvalue weighted by atomic mass is 9.76. The summed E-state index contributed by atoms with van der Waals surface area (Å²) in [5, 5.41) is 7.49. The van der Waals surface area contributed by atoms with Crippen LogP contribution in [0.3, 0.4) is 0 Å². The van der Waals surface area contributed by atoms with Crippen LogP contribution in [0.5, 0.6) is 0 Å². The minimum absolute atomic E-state index is 0.0327. The third-order valence-electron chi connectivity index (χ3n) is 4.19. The van der Waals surface area contributed by atoms with Crippen LogP contribution in [-0.2, 0) is 15.8 Å². The van der Waals surface area contributed by atoms with E-state index in [4.69, 9.17) is 9.26 Å². The number of rotatable bonds is 4. The Balaban J connectivity index is 2.34. The lowest BCUT2D eigenvalue weighted by Gasteiger charge is -2.28. The first kappa shape index (κ1) is 13.5. The Bertz CT molecular complexity index is 406. The molecule has 1 atom stereocenters. The fourth-order valence-corrected chi connectivity index (χ4v) is 2.40. The molecule has 1 fully saturated rings. The highest BCUT2D eigenvalue weighted by Gasteiger charge is 2.44. The van der Waals surface area contributed by atoms with E-state index in [0.29, 0.717) is 11.7 Å². The van der Waals surface area contributed by atoms with E-state index in [2.05, 4.69) is 29.3 Å². The van der Waals surface area contributed by atoms with Crippen molar-refractivity contribution < 1.29 is 9.26 Å². The topological polar surface area (TPSA) is 60.2 Å². The van der Waals surface area contributed by atoms with E-state index in [1.54, 1.807) is 7.11 Å². The second-order valence-corrected chi connectivity index (χ2v) is 5.88. The molecule has 1 aromatic heterocycles. The largest absolute Gasteiger partial charge is 0.371 e. The van der Waals surface area contributed by atoms with Gasteiger partial charge in [0, 0.05) is 13.7 Å². The van der Waals surface area contributed by atoms with Gasteiger partial charge in [0.05, 0.1) is 5.41 Å². The van der Waals surface area contributed by atoms with Gasteiger partial charge in [-0.1, -0.05) is 19.0 Å². The molecule has 5 heteroatoms. The average Bonchev–Trinajstić information content (AvgIpc) is 2.98. The highest BCUT2D eigenvalue weighted by molar-refractivity contribution is 5.13. The Morgan fingerprint density at radius 3 is 2.67 bits per heavy atom. The Hall–Kier alpha value is -0.940. The van der Waals surface area contributed by atoms with Crippen molar-refractivity contribution in [3.8, 4) is 0 Å². The molecule has 1 aliphatic heterocycles. The summed E-state index contributed by atoms with van der Waals surface area (Å²) in [6, 6.07) is 0. The van der Waals surface area contributed by atoms with E-state index >= 15 is 0 Å². The van der Waals surface area contributed by atoms with E-state index in [1.165, 1.54) is 0 Å². The fourth-order valence-electron chi connectivity index (χ4n) is 2.40. The highest BCUT2D eigenvalue weighted by Crippen LogP contribution is 2.37. The molecular weight excluding hydrogens is 230 g/mol. The van der Waals surface area contributed by atoms with Crippen LogP contribution in [0.2, 0.25) is 0 Å². The molecule has 5 nitrogen and oxygen atoms in total. The normalized spacial score (nSPS) is 25.0. The van der Waals surface area contributed by atoms with Gasteiger partial charge < -0.3 is 14.6 Å². The van der Waals surface area contributed by atoms with Gasteiger partial charge in [-0.05, 0) is 32.7 Å². The Morgan fingerprint density at radius 2 is 2.17 bits per heavy atom. The predicted molar refractivity (Wildman–Crippen MR) is 68.3 cm³/mol. The van der Waals surface area contributed by atoms with Crippen LogP contribution in [0.4, 0.5) is 0 Å². The maximum absolute atomic E-state index is 5.52. The van der Waals surface area contributed by atoms with Crippen LogP contribution < -0.4 is 5.32 Å². The first-order chi connectivity index (χ1) is 8.42. The maximum atomic E-state index is 5.52. The molecule has 1 aromatic rings. The summed E-state index contributed by atoms with van der Waals surface area (Å²) >= 11 is 0. The number of nitrogens with one attached hydrogen (secondary N) is 1. The standard InChI is InChI=1S/C13H23N3O2/c1-9(2)13(6-7-14-8-13)11-15-10(16-18-11)12(3,4)17-5/h9,14H,6-8H2,1-5H3. The Kier molecular flexibility index (Phi) is 3.47. The van der Waals surface area contributed by atoms with E-state index in [-0.39, 0.29) is 5.41 Å². The van der Waals surface area contributed by atoms with Gasteiger partial charge in [0.15, 0.2) is 0 Å². The number of hydrogen-bond donors (Lipinski definition) is 1. The molecule has 1 aliphatic rings. The molecule has 2 rings (SSSR count). The summed E-state index contributed by atoms with van der Waals surface area (Å²) in [4.78, 5) is 4.59. The molecule has 1 N–H and O–H groups in total. The van der Waals surface area contributed by atoms with Crippen molar-refractivity contribution in [3.63, 3.8) is 0 Å². The van der Waals surface area contributed by atoms with Crippen molar-refractivity contribution in [2.75, 3.05) is 20.2 Å². The summed E-state index contributed by atoms with van der Waals surface area (Å²) < 4.78 is 10.9. The molecule has 0 bridgehead atoms. The zero-order chi connectivity index (χ0) is 13.4. The maximum Gasteiger partial charge on any atom is 0.234 e. The molecule has 1 saturated heterocycles. The lowest BCUT2D eigenvalue weighted by Crippen LogP contribution is -2.35. The number of hydrogen-bond acceptors (Lipinski definition) is 5. The number of aromatic nitrogens is 2. The molecule has 2 heterocycles. The minimum atomic E-state index is -0.508. The highest BCUT2D eigenvalue weighted by atomic mass is 16.5. The minimum Gasteiger partial charge on any atom is -0.371 e. The molecule has 0 amide bonds. The van der Waals surface area contributed by atoms with Crippen LogP contribution in [-0.4, -0.2) is 30.3 Å². The molecule has 102 valence electrons. The summed E-state index contributed by atoms with van der Waals surface area (Å²) in [7, 11) is 1.66. The van der Waals surface area contributed by atoms with E-state index in [0.717, 1.165) is 25.4 Å². The Morgan fingerprint density at radius 1 is 1.44 bits per heavy atom. The van der Waals surface area contributed by atoms with Gasteiger partial charge in [0.1, 0.15) is 5.60 Å². The Labute approximate surface area is 108 Å². The van der Waals surface area contributed by atoms with Crippen molar-refractivity contribution in [2.24, 2.45) is 5.92 Å². The smallest absolute Gasteiger partial charge is 0.234 e. The molecule has 0 aromatic carbocycles. The molecule has 0 saturated carbocycles. The first-order valence-electron chi connectivity index (χ1n) is 6.53. The van der Waals surface area contributed by atoms with E-state index in [9.17, 15) is 0 Å². The second-order valence-electron chi connectivity index (χ2n) is 5.88. The van der Waals surface area contributed by atoms with Crippen LogP contribution in [0.1, 0.15) is 45.8 Å². The second kappa shape index (κ2) is 4.63. The zero-order valence-electron chi connectivity index (χ0n) is 11.9. The third-order valence-corrected chi connectivity index (χ3v) is 4.19. The summed E-state index contributed by atoms with van der Waals surface area (Å²) in [5.74, 6) is 1.82. The summed E-state index contributed by atoms with van der Waals surface area (Å²) in [6.45, 7) is 10.2. The first-order valence-corrected chi connectivity index (χ1v) is 6.53. The predicted octanol–water partition coefficient (Wildman–Crippen LogP) is 1.84. The summed E-state index contributed by atoms with van der Waals surface area (Å²) in [5.41, 5.74) is -0.541. The molecule has 0 aliphatic carbocycles. The van der Waals surface area contributed by atoms with Gasteiger partial charge in [-0.2, -0.15) is 4.98 Å². The average molecular weight is 253 g/mol. The van der Waals surface area contributed by atoms with Crippen LogP contribution in [0.15, 0.2) is 4.52 Å². The van der Waals surface area contributed by atoms with Gasteiger partial charge in [0.25, 0.3) is 0 Å². The number of ether oxygens (including phenoxy) is 1. The molecule has 1 unspecified atom stereocenters. The van der Waals surface area contributed by atoms with Crippen LogP contribution >= 0.6 is 0 Å². The van der Waals surface area contributed by atoms with E-state index < -0.39 is 5.60 Å². The SMILES string of the molecule is COC(C)(C)c1noc(C2(C(C)C)CCNC2)n1. The van der Waals surface area contributed by atoms with Gasteiger partial charge >= 0.3 is 0 Å². The molecular formula is C13H23N3O2. The van der Waals surface area contributed by atoms with E-state index in [1.807, 2.05) is 13.8 Å². The molecule has 0 radical (unpaired) electrons. The summed E-state index contributed by atoms with van der Waals surface area (Å²) in [6.07, 6.45) is 1.04. The van der Waals surface area contributed by atoms with Gasteiger partial charge in [-0.15, -0.1) is 0 Å². The third kappa shape index (κ3) is 2.06. The lowest BCUT2D eigenvalue weighted by molar-refractivity contribution is 0.00973. The van der Waals surface area contributed by atoms with Crippen molar-refractivity contribution in [3.05, 3.63) is 11.7 Å². The van der Waals surface area contributed by atoms with Crippen molar-refractivity contribution in [2.45, 2.75) is 45.1 Å². The van der Waals surface area contributed by atoms with Gasteiger partial charge in [0.2, 0.25) is 11.7 Å². The van der Waals surface area contributed by atoms with Crippen LogP contribution in [0, 0.1) is 5.92 Å². The fraction of sp³-hybridized carbons (Fsp3) is 0.846. The van der Waals surface area contributed by atoms with Crippen LogP contribution in [0.25, 0.3) is 0 Å². The zero-order valence-corrected chi connectivity index (χ0v) is 11.9. The van der Waals surface area contributed by atoms with Crippen molar-refractivity contribution in [1.82, 2.24) is 15.5 Å². The monoisotopic (exact) mass is 253 g/mol. The number of nitrogens with zero attached hydrogens (tertiary/aromatic N) is 2. The van der Waals surface area contributed by atoms with Crippen molar-refractivity contribution in [1.29, 1.82) is 0 Å². The van der Waals surface area contributed by atoms with Crippen molar-refractivity contribution >= 4 is 0 Å². The number of methoxy groups -OCH3 is 1. The quantitative estimate of drug-likeness (QED) is 0.887.